The van der Waals surface area contributed by atoms with Gasteiger partial charge < -0.3 is 5.32 Å². The highest BCUT2D eigenvalue weighted by Crippen LogP contribution is 2.35. The number of carbonyl (C=O) groups excluding carboxylic acids is 1. The van der Waals surface area contributed by atoms with E-state index < -0.39 is 0 Å². The smallest absolute Gasteiger partial charge is 0.142 e. The molecule has 2 fully saturated rings. The number of carbonyl (C=O) groups is 1. The first-order chi connectivity index (χ1) is 7.74. The molecule has 0 saturated carbocycles. The maximum absolute atomic E-state index is 12.2. The molecule has 4 heteroatoms. The van der Waals surface area contributed by atoms with Crippen molar-refractivity contribution >= 4 is 33.0 Å². The van der Waals surface area contributed by atoms with Gasteiger partial charge in [0.2, 0.25) is 0 Å². The minimum absolute atomic E-state index is 0.271. The Kier molecular flexibility index (Phi) is 2.90. The molecule has 3 heterocycles. The maximum atomic E-state index is 12.2. The van der Waals surface area contributed by atoms with E-state index >= 15 is 0 Å². The van der Waals surface area contributed by atoms with Gasteiger partial charge in [0.1, 0.15) is 5.78 Å². The number of rotatable bonds is 3. The molecule has 16 heavy (non-hydrogen) atoms. The molecule has 1 aromatic rings. The van der Waals surface area contributed by atoms with Gasteiger partial charge in [0.05, 0.1) is 0 Å². The summed E-state index contributed by atoms with van der Waals surface area (Å²) >= 11 is 5.16. The molecule has 86 valence electrons. The molecule has 2 aliphatic heterocycles. The monoisotopic (exact) mass is 299 g/mol. The summed E-state index contributed by atoms with van der Waals surface area (Å²) in [6.45, 7) is 0. The fourth-order valence-corrected chi connectivity index (χ4v) is 4.42. The quantitative estimate of drug-likeness (QED) is 0.930. The second-order valence-electron chi connectivity index (χ2n) is 4.72. The lowest BCUT2D eigenvalue weighted by Crippen LogP contribution is -2.29. The highest BCUT2D eigenvalue weighted by molar-refractivity contribution is 9.10. The van der Waals surface area contributed by atoms with Gasteiger partial charge in [-0.25, -0.2) is 0 Å². The first-order valence-corrected chi connectivity index (χ1v) is 7.42. The summed E-state index contributed by atoms with van der Waals surface area (Å²) in [6.07, 6.45) is 4.12. The summed E-state index contributed by atoms with van der Waals surface area (Å²) < 4.78 is 1.09. The van der Waals surface area contributed by atoms with Crippen molar-refractivity contribution in [2.24, 2.45) is 5.92 Å². The molecule has 2 nitrogen and oxygen atoms in total. The van der Waals surface area contributed by atoms with Gasteiger partial charge in [0, 0.05) is 33.8 Å². The fraction of sp³-hybridized carbons (Fsp3) is 0.583. The summed E-state index contributed by atoms with van der Waals surface area (Å²) in [5.41, 5.74) is 0. The molecule has 2 bridgehead atoms. The fourth-order valence-electron chi connectivity index (χ4n) is 2.92. The average Bonchev–Trinajstić information content (AvgIpc) is 2.95. The predicted octanol–water partition coefficient (Wildman–Crippen LogP) is 2.76. The minimum Gasteiger partial charge on any atom is -0.310 e. The van der Waals surface area contributed by atoms with Crippen LogP contribution in [-0.2, 0) is 11.2 Å². The van der Waals surface area contributed by atoms with E-state index in [1.54, 1.807) is 11.3 Å². The number of thiophene rings is 1. The van der Waals surface area contributed by atoms with Crippen molar-refractivity contribution < 1.29 is 4.79 Å². The predicted molar refractivity (Wildman–Crippen MR) is 68.8 cm³/mol. The maximum Gasteiger partial charge on any atom is 0.142 e. The lowest BCUT2D eigenvalue weighted by atomic mass is 9.85. The molecule has 0 spiro atoms. The Balaban J connectivity index is 1.68. The van der Waals surface area contributed by atoms with E-state index in [0.717, 1.165) is 10.9 Å². The van der Waals surface area contributed by atoms with E-state index in [4.69, 9.17) is 0 Å². The highest BCUT2D eigenvalue weighted by atomic mass is 79.9. The molecule has 3 atom stereocenters. The first kappa shape index (κ1) is 10.9. The molecular formula is C12H14BrNOS. The van der Waals surface area contributed by atoms with Crippen LogP contribution in [0.4, 0.5) is 0 Å². The molecule has 3 unspecified atom stereocenters. The molecule has 3 rings (SSSR count). The standard InChI is InChI=1S/C12H14BrNOS/c13-9-3-4-16-12(9)6-11(15)8-5-7-1-2-10(8)14-7/h3-4,7-8,10,14H,1-2,5-6H2. The Hall–Kier alpha value is -0.190. The third-order valence-corrected chi connectivity index (χ3v) is 5.67. The second-order valence-corrected chi connectivity index (χ2v) is 6.58. The molecule has 0 aliphatic carbocycles. The van der Waals surface area contributed by atoms with Crippen LogP contribution < -0.4 is 5.32 Å². The number of Topliss-reactive ketones (excluding diaryl/α,β-unsaturated/α-hetero) is 1. The zero-order valence-corrected chi connectivity index (χ0v) is 11.3. The lowest BCUT2D eigenvalue weighted by molar-refractivity contribution is -0.122. The topological polar surface area (TPSA) is 29.1 Å². The van der Waals surface area contributed by atoms with Gasteiger partial charge in [-0.3, -0.25) is 4.79 Å². The number of hydrogen-bond donors (Lipinski definition) is 1. The van der Waals surface area contributed by atoms with Crippen LogP contribution in [0.2, 0.25) is 0 Å². The Morgan fingerprint density at radius 1 is 1.56 bits per heavy atom. The van der Waals surface area contributed by atoms with Crippen molar-refractivity contribution in [3.05, 3.63) is 20.8 Å². The van der Waals surface area contributed by atoms with E-state index in [9.17, 15) is 4.79 Å². The third kappa shape index (κ3) is 1.87. The Morgan fingerprint density at radius 2 is 2.44 bits per heavy atom. The van der Waals surface area contributed by atoms with Crippen molar-refractivity contribution in [1.29, 1.82) is 0 Å². The van der Waals surface area contributed by atoms with E-state index in [-0.39, 0.29) is 5.92 Å². The van der Waals surface area contributed by atoms with Gasteiger partial charge in [-0.05, 0) is 46.6 Å². The van der Waals surface area contributed by atoms with E-state index in [1.165, 1.54) is 17.7 Å². The van der Waals surface area contributed by atoms with E-state index in [1.807, 2.05) is 11.4 Å². The van der Waals surface area contributed by atoms with Crippen molar-refractivity contribution in [3.8, 4) is 0 Å². The molecular weight excluding hydrogens is 286 g/mol. The first-order valence-electron chi connectivity index (χ1n) is 5.74. The molecule has 0 amide bonds. The van der Waals surface area contributed by atoms with Crippen molar-refractivity contribution in [2.75, 3.05) is 0 Å². The van der Waals surface area contributed by atoms with Crippen LogP contribution in [0, 0.1) is 5.92 Å². The zero-order valence-electron chi connectivity index (χ0n) is 8.91. The molecule has 1 aromatic heterocycles. The van der Waals surface area contributed by atoms with Gasteiger partial charge in [-0.2, -0.15) is 0 Å². The van der Waals surface area contributed by atoms with Crippen LogP contribution in [0.5, 0.6) is 0 Å². The summed E-state index contributed by atoms with van der Waals surface area (Å²) in [5.74, 6) is 0.690. The number of fused-ring (bicyclic) bond motifs is 2. The Morgan fingerprint density at radius 3 is 3.00 bits per heavy atom. The largest absolute Gasteiger partial charge is 0.310 e. The van der Waals surface area contributed by atoms with Crippen molar-refractivity contribution in [2.45, 2.75) is 37.8 Å². The normalized spacial score (nSPS) is 32.2. The van der Waals surface area contributed by atoms with Gasteiger partial charge in [0.15, 0.2) is 0 Å². The lowest BCUT2D eigenvalue weighted by Gasteiger charge is -2.18. The van der Waals surface area contributed by atoms with Crippen LogP contribution in [0.25, 0.3) is 0 Å². The van der Waals surface area contributed by atoms with Crippen LogP contribution in [0.1, 0.15) is 24.1 Å². The van der Waals surface area contributed by atoms with Gasteiger partial charge in [-0.15, -0.1) is 11.3 Å². The third-order valence-electron chi connectivity index (χ3n) is 3.74. The van der Waals surface area contributed by atoms with Crippen molar-refractivity contribution in [3.63, 3.8) is 0 Å². The SMILES string of the molecule is O=C(Cc1sccc1Br)C1CC2CCC1N2. The van der Waals surface area contributed by atoms with Crippen LogP contribution in [0.3, 0.4) is 0 Å². The van der Waals surface area contributed by atoms with Crippen LogP contribution in [0.15, 0.2) is 15.9 Å². The van der Waals surface area contributed by atoms with E-state index in [0.29, 0.717) is 24.3 Å². The summed E-state index contributed by atoms with van der Waals surface area (Å²) in [4.78, 5) is 13.4. The Bertz CT molecular complexity index is 417. The average molecular weight is 300 g/mol. The van der Waals surface area contributed by atoms with Gasteiger partial charge in [-0.1, -0.05) is 0 Å². The number of halogens is 1. The van der Waals surface area contributed by atoms with Crippen LogP contribution >= 0.6 is 27.3 Å². The summed E-state index contributed by atoms with van der Waals surface area (Å²) in [7, 11) is 0. The highest BCUT2D eigenvalue weighted by Gasteiger charge is 2.42. The van der Waals surface area contributed by atoms with Crippen LogP contribution in [-0.4, -0.2) is 17.9 Å². The zero-order chi connectivity index (χ0) is 11.1. The number of ketones is 1. The molecule has 0 radical (unpaired) electrons. The molecule has 2 saturated heterocycles. The number of nitrogens with one attached hydrogen (secondary N) is 1. The molecule has 2 aliphatic rings. The summed E-state index contributed by atoms with van der Waals surface area (Å²) in [5, 5.41) is 5.56. The van der Waals surface area contributed by atoms with Gasteiger partial charge in [0.25, 0.3) is 0 Å². The molecule has 0 aromatic carbocycles. The summed E-state index contributed by atoms with van der Waals surface area (Å²) in [6, 6.07) is 3.11. The van der Waals surface area contributed by atoms with Crippen molar-refractivity contribution in [1.82, 2.24) is 5.32 Å². The Labute approximate surface area is 108 Å². The van der Waals surface area contributed by atoms with E-state index in [2.05, 4.69) is 21.2 Å². The number of hydrogen-bond acceptors (Lipinski definition) is 3. The van der Waals surface area contributed by atoms with Gasteiger partial charge >= 0.3 is 0 Å². The second kappa shape index (κ2) is 4.24. The minimum atomic E-state index is 0.271. The molecule has 1 N–H and O–H groups in total.